The molecule has 0 bridgehead atoms. The van der Waals surface area contributed by atoms with Gasteiger partial charge in [-0.3, -0.25) is 4.98 Å². The zero-order valence-electron chi connectivity index (χ0n) is 8.80. The number of benzene rings is 1. The molecule has 1 aromatic carbocycles. The average molecular weight is 217 g/mol. The lowest BCUT2D eigenvalue weighted by atomic mass is 10.1. The van der Waals surface area contributed by atoms with E-state index in [9.17, 15) is 9.90 Å². The highest BCUT2D eigenvalue weighted by atomic mass is 16.5. The predicted molar refractivity (Wildman–Crippen MR) is 59.4 cm³/mol. The first-order chi connectivity index (χ1) is 7.74. The summed E-state index contributed by atoms with van der Waals surface area (Å²) in [4.78, 5) is 15.7. The fourth-order valence-electron chi connectivity index (χ4n) is 1.54. The fourth-order valence-corrected chi connectivity index (χ4v) is 1.54. The topological polar surface area (TPSA) is 59.4 Å². The quantitative estimate of drug-likeness (QED) is 0.783. The lowest BCUT2D eigenvalue weighted by Gasteiger charge is -2.06. The molecule has 0 amide bonds. The Morgan fingerprint density at radius 1 is 1.44 bits per heavy atom. The fraction of sp³-hybridized carbons (Fsp3) is 0.167. The maximum absolute atomic E-state index is 11.7. The van der Waals surface area contributed by atoms with Gasteiger partial charge in [-0.2, -0.15) is 0 Å². The largest absolute Gasteiger partial charge is 0.507 e. The van der Waals surface area contributed by atoms with Gasteiger partial charge in [-0.1, -0.05) is 6.07 Å². The third-order valence-corrected chi connectivity index (χ3v) is 2.23. The number of aromatic hydroxyl groups is 1. The molecule has 0 atom stereocenters. The minimum absolute atomic E-state index is 0.107. The third-order valence-electron chi connectivity index (χ3n) is 2.23. The summed E-state index contributed by atoms with van der Waals surface area (Å²) in [6, 6.07) is 6.77. The summed E-state index contributed by atoms with van der Waals surface area (Å²) in [5.74, 6) is -0.658. The number of ether oxygens (including phenoxy) is 1. The van der Waals surface area contributed by atoms with Crippen LogP contribution in [0.4, 0.5) is 0 Å². The molecule has 0 fully saturated rings. The van der Waals surface area contributed by atoms with Gasteiger partial charge in [0, 0.05) is 11.6 Å². The van der Waals surface area contributed by atoms with E-state index in [0.29, 0.717) is 5.52 Å². The van der Waals surface area contributed by atoms with Gasteiger partial charge in [0.15, 0.2) is 0 Å². The second-order valence-electron chi connectivity index (χ2n) is 3.26. The van der Waals surface area contributed by atoms with Crippen LogP contribution in [0.2, 0.25) is 0 Å². The number of phenolic OH excluding ortho intramolecular Hbond substituents is 1. The zero-order valence-corrected chi connectivity index (χ0v) is 8.80. The summed E-state index contributed by atoms with van der Waals surface area (Å²) in [6.45, 7) is 1.98. The smallest absolute Gasteiger partial charge is 0.344 e. The number of aromatic nitrogens is 1. The monoisotopic (exact) mass is 217 g/mol. The van der Waals surface area contributed by atoms with Gasteiger partial charge in [0.1, 0.15) is 11.3 Å². The zero-order chi connectivity index (χ0) is 11.5. The van der Waals surface area contributed by atoms with Gasteiger partial charge < -0.3 is 9.84 Å². The minimum atomic E-state index is -0.552. The van der Waals surface area contributed by atoms with Crippen LogP contribution in [0.15, 0.2) is 30.5 Å². The van der Waals surface area contributed by atoms with Crippen molar-refractivity contribution in [2.45, 2.75) is 6.92 Å². The number of phenols is 1. The summed E-state index contributed by atoms with van der Waals surface area (Å²) in [6.07, 6.45) is 1.57. The van der Waals surface area contributed by atoms with Crippen LogP contribution < -0.4 is 0 Å². The summed E-state index contributed by atoms with van der Waals surface area (Å²) in [5.41, 5.74) is 0.584. The number of carbonyl (C=O) groups excluding carboxylic acids is 1. The molecule has 0 spiro atoms. The van der Waals surface area contributed by atoms with Crippen molar-refractivity contribution < 1.29 is 14.6 Å². The highest BCUT2D eigenvalue weighted by molar-refractivity contribution is 6.05. The van der Waals surface area contributed by atoms with Crippen molar-refractivity contribution in [1.82, 2.24) is 4.98 Å². The number of carbonyl (C=O) groups is 1. The first-order valence-electron chi connectivity index (χ1n) is 4.98. The molecule has 0 radical (unpaired) electrons. The van der Waals surface area contributed by atoms with E-state index >= 15 is 0 Å². The molecule has 0 saturated carbocycles. The van der Waals surface area contributed by atoms with Crippen molar-refractivity contribution in [2.75, 3.05) is 6.61 Å². The van der Waals surface area contributed by atoms with Gasteiger partial charge in [0.25, 0.3) is 0 Å². The van der Waals surface area contributed by atoms with Gasteiger partial charge in [0.05, 0.1) is 12.1 Å². The lowest BCUT2D eigenvalue weighted by Crippen LogP contribution is -2.06. The normalized spacial score (nSPS) is 10.3. The first kappa shape index (κ1) is 10.4. The van der Waals surface area contributed by atoms with Crippen molar-refractivity contribution in [3.8, 4) is 5.75 Å². The molecular formula is C12H11NO3. The maximum Gasteiger partial charge on any atom is 0.344 e. The highest BCUT2D eigenvalue weighted by Crippen LogP contribution is 2.25. The molecule has 0 saturated heterocycles. The molecule has 1 aromatic heterocycles. The molecule has 0 aliphatic heterocycles. The molecular weight excluding hydrogens is 206 g/mol. The number of nitrogens with zero attached hydrogens (tertiary/aromatic N) is 1. The minimum Gasteiger partial charge on any atom is -0.507 e. The first-order valence-corrected chi connectivity index (χ1v) is 4.98. The van der Waals surface area contributed by atoms with Crippen LogP contribution >= 0.6 is 0 Å². The van der Waals surface area contributed by atoms with Crippen molar-refractivity contribution in [3.63, 3.8) is 0 Å². The van der Waals surface area contributed by atoms with E-state index in [0.717, 1.165) is 5.39 Å². The molecule has 82 valence electrons. The number of rotatable bonds is 2. The summed E-state index contributed by atoms with van der Waals surface area (Å²) in [5, 5.41) is 10.5. The molecule has 0 aliphatic rings. The Hall–Kier alpha value is -2.10. The standard InChI is InChI=1S/C12H11NO3/c1-2-16-12(15)10-9(14)6-5-8-4-3-7-13-11(8)10/h3-7,14H,2H2,1H3. The van der Waals surface area contributed by atoms with Crippen molar-refractivity contribution in [3.05, 3.63) is 36.0 Å². The van der Waals surface area contributed by atoms with Crippen LogP contribution in [0, 0.1) is 0 Å². The van der Waals surface area contributed by atoms with Crippen LogP contribution in [0.1, 0.15) is 17.3 Å². The van der Waals surface area contributed by atoms with Crippen LogP contribution in [0.5, 0.6) is 5.75 Å². The predicted octanol–water partition coefficient (Wildman–Crippen LogP) is 2.12. The van der Waals surface area contributed by atoms with E-state index in [2.05, 4.69) is 4.98 Å². The number of esters is 1. The molecule has 2 aromatic rings. The maximum atomic E-state index is 11.7. The molecule has 0 unspecified atom stereocenters. The van der Waals surface area contributed by atoms with E-state index in [1.54, 1.807) is 25.3 Å². The van der Waals surface area contributed by atoms with Crippen LogP contribution in [0.25, 0.3) is 10.9 Å². The summed E-state index contributed by atoms with van der Waals surface area (Å²) in [7, 11) is 0. The van der Waals surface area contributed by atoms with Crippen molar-refractivity contribution >= 4 is 16.9 Å². The molecule has 1 heterocycles. The van der Waals surface area contributed by atoms with Gasteiger partial charge in [0.2, 0.25) is 0 Å². The average Bonchev–Trinajstić information content (AvgIpc) is 2.29. The molecule has 0 aliphatic carbocycles. The van der Waals surface area contributed by atoms with Gasteiger partial charge in [-0.15, -0.1) is 0 Å². The van der Waals surface area contributed by atoms with E-state index in [1.807, 2.05) is 6.07 Å². The molecule has 4 heteroatoms. The number of pyridine rings is 1. The van der Waals surface area contributed by atoms with E-state index in [4.69, 9.17) is 4.74 Å². The van der Waals surface area contributed by atoms with Crippen molar-refractivity contribution in [2.24, 2.45) is 0 Å². The molecule has 4 nitrogen and oxygen atoms in total. The Kier molecular flexibility index (Phi) is 2.72. The molecule has 16 heavy (non-hydrogen) atoms. The Balaban J connectivity index is 2.66. The number of fused-ring (bicyclic) bond motifs is 1. The van der Waals surface area contributed by atoms with Gasteiger partial charge >= 0.3 is 5.97 Å². The Morgan fingerprint density at radius 2 is 2.25 bits per heavy atom. The second kappa shape index (κ2) is 4.18. The van der Waals surface area contributed by atoms with Crippen LogP contribution in [0.3, 0.4) is 0 Å². The summed E-state index contributed by atoms with van der Waals surface area (Å²) >= 11 is 0. The SMILES string of the molecule is CCOC(=O)c1c(O)ccc2cccnc12. The highest BCUT2D eigenvalue weighted by Gasteiger charge is 2.16. The summed E-state index contributed by atoms with van der Waals surface area (Å²) < 4.78 is 4.88. The number of hydrogen-bond donors (Lipinski definition) is 1. The Labute approximate surface area is 92.5 Å². The number of hydrogen-bond acceptors (Lipinski definition) is 4. The van der Waals surface area contributed by atoms with Gasteiger partial charge in [-0.25, -0.2) is 4.79 Å². The van der Waals surface area contributed by atoms with E-state index in [1.165, 1.54) is 6.07 Å². The van der Waals surface area contributed by atoms with E-state index < -0.39 is 5.97 Å². The Bertz CT molecular complexity index is 537. The van der Waals surface area contributed by atoms with E-state index in [-0.39, 0.29) is 17.9 Å². The molecule has 2 rings (SSSR count). The van der Waals surface area contributed by atoms with Crippen LogP contribution in [-0.4, -0.2) is 22.7 Å². The van der Waals surface area contributed by atoms with Crippen LogP contribution in [-0.2, 0) is 4.74 Å². The lowest BCUT2D eigenvalue weighted by molar-refractivity contribution is 0.0525. The Morgan fingerprint density at radius 3 is 3.00 bits per heavy atom. The van der Waals surface area contributed by atoms with Crippen molar-refractivity contribution in [1.29, 1.82) is 0 Å². The third kappa shape index (κ3) is 1.69. The van der Waals surface area contributed by atoms with Gasteiger partial charge in [-0.05, 0) is 25.1 Å². The second-order valence-corrected chi connectivity index (χ2v) is 3.26. The molecule has 1 N–H and O–H groups in total.